The summed E-state index contributed by atoms with van der Waals surface area (Å²) in [7, 11) is 4.09. The van der Waals surface area contributed by atoms with Crippen LogP contribution < -0.4 is 5.56 Å². The Hall–Kier alpha value is -3.06. The molecule has 7 heteroatoms. The van der Waals surface area contributed by atoms with Crippen LogP contribution in [0.1, 0.15) is 40.5 Å². The van der Waals surface area contributed by atoms with Crippen molar-refractivity contribution in [2.75, 3.05) is 13.6 Å². The first-order chi connectivity index (χ1) is 13.8. The Balaban J connectivity index is 1.98. The highest BCUT2D eigenvalue weighted by Crippen LogP contribution is 2.41. The molecule has 0 spiro atoms. The Labute approximate surface area is 168 Å². The maximum atomic E-state index is 12.4. The van der Waals surface area contributed by atoms with Crippen LogP contribution in [0.2, 0.25) is 0 Å². The van der Waals surface area contributed by atoms with Crippen LogP contribution in [0.4, 0.5) is 0 Å². The molecule has 0 amide bonds. The van der Waals surface area contributed by atoms with Gasteiger partial charge in [0.05, 0.1) is 5.69 Å². The Morgan fingerprint density at radius 2 is 2.07 bits per heavy atom. The largest absolute Gasteiger partial charge is 0.506 e. The molecule has 0 saturated heterocycles. The lowest BCUT2D eigenvalue weighted by Gasteiger charge is -2.14. The van der Waals surface area contributed by atoms with Gasteiger partial charge in [0, 0.05) is 41.3 Å². The van der Waals surface area contributed by atoms with Crippen molar-refractivity contribution in [3.05, 3.63) is 50.9 Å². The monoisotopic (exact) mass is 395 g/mol. The number of aromatic hydroxyl groups is 1. The number of aromatic carboxylic acids is 1. The summed E-state index contributed by atoms with van der Waals surface area (Å²) in [6, 6.07) is 6.31. The van der Waals surface area contributed by atoms with E-state index in [9.17, 15) is 19.8 Å². The summed E-state index contributed by atoms with van der Waals surface area (Å²) in [4.78, 5) is 28.8. The van der Waals surface area contributed by atoms with E-state index in [0.717, 1.165) is 48.1 Å². The van der Waals surface area contributed by atoms with Crippen molar-refractivity contribution in [1.29, 1.82) is 0 Å². The topological polar surface area (TPSA) is 98.6 Å². The number of H-pyrrole nitrogens is 1. The maximum Gasteiger partial charge on any atom is 0.345 e. The third-order valence-electron chi connectivity index (χ3n) is 5.97. The summed E-state index contributed by atoms with van der Waals surface area (Å²) in [5, 5.41) is 20.9. The van der Waals surface area contributed by atoms with Gasteiger partial charge in [-0.05, 0) is 44.5 Å². The van der Waals surface area contributed by atoms with Crippen molar-refractivity contribution in [1.82, 2.24) is 14.5 Å². The second-order valence-corrected chi connectivity index (χ2v) is 7.75. The summed E-state index contributed by atoms with van der Waals surface area (Å²) >= 11 is 0. The first kappa shape index (κ1) is 19.3. The van der Waals surface area contributed by atoms with Gasteiger partial charge >= 0.3 is 5.97 Å². The number of aryl methyl sites for hydroxylation is 1. The molecule has 0 aliphatic heterocycles. The highest BCUT2D eigenvalue weighted by molar-refractivity contribution is 6.00. The number of benzene rings is 1. The molecule has 2 aromatic heterocycles. The lowest BCUT2D eigenvalue weighted by Crippen LogP contribution is -2.20. The van der Waals surface area contributed by atoms with Crippen LogP contribution >= 0.6 is 0 Å². The van der Waals surface area contributed by atoms with Gasteiger partial charge in [-0.1, -0.05) is 19.1 Å². The van der Waals surface area contributed by atoms with E-state index in [1.165, 1.54) is 5.56 Å². The molecule has 7 nitrogen and oxygen atoms in total. The summed E-state index contributed by atoms with van der Waals surface area (Å²) in [5.41, 5.74) is 3.91. The summed E-state index contributed by atoms with van der Waals surface area (Å²) in [5.74, 6) is -1.83. The second-order valence-electron chi connectivity index (χ2n) is 7.75. The highest BCUT2D eigenvalue weighted by atomic mass is 16.4. The second kappa shape index (κ2) is 7.08. The van der Waals surface area contributed by atoms with Crippen molar-refractivity contribution in [3.8, 4) is 17.0 Å². The molecule has 0 fully saturated rings. The van der Waals surface area contributed by atoms with Crippen LogP contribution in [0.5, 0.6) is 5.75 Å². The molecule has 152 valence electrons. The van der Waals surface area contributed by atoms with E-state index in [2.05, 4.69) is 46.6 Å². The Morgan fingerprint density at radius 3 is 2.76 bits per heavy atom. The van der Waals surface area contributed by atoms with Crippen LogP contribution in [0.15, 0.2) is 23.0 Å². The highest BCUT2D eigenvalue weighted by Gasteiger charge is 2.28. The molecule has 3 aromatic rings. The normalized spacial score (nSPS) is 13.4. The lowest BCUT2D eigenvalue weighted by atomic mass is 9.99. The van der Waals surface area contributed by atoms with Gasteiger partial charge in [-0.25, -0.2) is 4.79 Å². The average Bonchev–Trinajstić information content (AvgIpc) is 2.82. The minimum absolute atomic E-state index is 0.415. The molecular weight excluding hydrogens is 370 g/mol. The van der Waals surface area contributed by atoms with Crippen LogP contribution in [-0.4, -0.2) is 44.2 Å². The summed E-state index contributed by atoms with van der Waals surface area (Å²) in [6.45, 7) is 3.92. The molecule has 1 aliphatic rings. The van der Waals surface area contributed by atoms with E-state index >= 15 is 0 Å². The fraction of sp³-hybridized carbons (Fsp3) is 0.364. The minimum atomic E-state index is -1.42. The molecule has 3 N–H and O–H groups in total. The van der Waals surface area contributed by atoms with Gasteiger partial charge in [0.2, 0.25) is 0 Å². The Morgan fingerprint density at radius 1 is 1.31 bits per heavy atom. The van der Waals surface area contributed by atoms with Crippen molar-refractivity contribution >= 4 is 16.9 Å². The number of carboxylic acids is 1. The SMILES string of the molecule is CCN(C)Cc1ccc2c3c(n(C)c2c1)CCCc1c-3[nH]c(=O)c(C(=O)O)c1O. The molecule has 4 rings (SSSR count). The number of hydrogen-bond donors (Lipinski definition) is 3. The molecule has 0 unspecified atom stereocenters. The molecule has 1 aliphatic carbocycles. The van der Waals surface area contributed by atoms with Crippen molar-refractivity contribution in [2.24, 2.45) is 7.05 Å². The number of carbonyl (C=O) groups is 1. The van der Waals surface area contributed by atoms with Gasteiger partial charge in [0.15, 0.2) is 5.56 Å². The van der Waals surface area contributed by atoms with E-state index in [-0.39, 0.29) is 0 Å². The van der Waals surface area contributed by atoms with Gasteiger partial charge in [0.1, 0.15) is 5.75 Å². The zero-order chi connectivity index (χ0) is 20.9. The fourth-order valence-electron chi connectivity index (χ4n) is 4.34. The fourth-order valence-corrected chi connectivity index (χ4v) is 4.34. The van der Waals surface area contributed by atoms with Gasteiger partial charge in [-0.15, -0.1) is 0 Å². The predicted octanol–water partition coefficient (Wildman–Crippen LogP) is 2.88. The molecular formula is C22H25N3O4. The van der Waals surface area contributed by atoms with Gasteiger partial charge in [0.25, 0.3) is 5.56 Å². The smallest absolute Gasteiger partial charge is 0.345 e. The van der Waals surface area contributed by atoms with Crippen LogP contribution in [0.3, 0.4) is 0 Å². The van der Waals surface area contributed by atoms with E-state index in [1.807, 2.05) is 7.05 Å². The van der Waals surface area contributed by atoms with E-state index in [1.54, 1.807) is 0 Å². The van der Waals surface area contributed by atoms with Gasteiger partial charge in [-0.2, -0.15) is 0 Å². The van der Waals surface area contributed by atoms with Crippen molar-refractivity contribution in [3.63, 3.8) is 0 Å². The average molecular weight is 395 g/mol. The predicted molar refractivity (Wildman–Crippen MR) is 112 cm³/mol. The van der Waals surface area contributed by atoms with Crippen LogP contribution in [0.25, 0.3) is 22.2 Å². The van der Waals surface area contributed by atoms with E-state index in [4.69, 9.17) is 0 Å². The third kappa shape index (κ3) is 3.02. The third-order valence-corrected chi connectivity index (χ3v) is 5.97. The van der Waals surface area contributed by atoms with Crippen molar-refractivity contribution < 1.29 is 15.0 Å². The van der Waals surface area contributed by atoms with Gasteiger partial charge < -0.3 is 24.7 Å². The molecule has 0 saturated carbocycles. The number of aromatic nitrogens is 2. The number of aromatic amines is 1. The van der Waals surface area contributed by atoms with Crippen LogP contribution in [-0.2, 0) is 26.4 Å². The minimum Gasteiger partial charge on any atom is -0.506 e. The van der Waals surface area contributed by atoms with Gasteiger partial charge in [-0.3, -0.25) is 4.79 Å². The molecule has 1 aromatic carbocycles. The van der Waals surface area contributed by atoms with E-state index in [0.29, 0.717) is 17.7 Å². The quantitative estimate of drug-likeness (QED) is 0.631. The van der Waals surface area contributed by atoms with Crippen LogP contribution in [0, 0.1) is 0 Å². The van der Waals surface area contributed by atoms with E-state index < -0.39 is 22.8 Å². The first-order valence-corrected chi connectivity index (χ1v) is 9.84. The molecule has 2 heterocycles. The number of nitrogens with zero attached hydrogens (tertiary/aromatic N) is 2. The zero-order valence-corrected chi connectivity index (χ0v) is 16.9. The number of pyridine rings is 1. The lowest BCUT2D eigenvalue weighted by molar-refractivity contribution is 0.0691. The number of rotatable bonds is 4. The maximum absolute atomic E-state index is 12.4. The Bertz CT molecular complexity index is 1190. The Kier molecular flexibility index (Phi) is 4.70. The number of carboxylic acid groups (broad SMARTS) is 1. The summed E-state index contributed by atoms with van der Waals surface area (Å²) < 4.78 is 2.15. The number of hydrogen-bond acceptors (Lipinski definition) is 4. The molecule has 0 atom stereocenters. The summed E-state index contributed by atoms with van der Waals surface area (Å²) in [6.07, 6.45) is 2.05. The first-order valence-electron chi connectivity index (χ1n) is 9.84. The number of fused-ring (bicyclic) bond motifs is 5. The standard InChI is InChI=1S/C22H25N3O4/c1-4-24(2)11-12-8-9-13-16(10-12)25(3)15-7-5-6-14-19(17(13)15)23-21(27)18(20(14)26)22(28)29/h8-10H,4-7,11H2,1-3H3,(H,28,29)(H2,23,26,27). The zero-order valence-electron chi connectivity index (χ0n) is 16.9. The molecule has 0 bridgehead atoms. The number of nitrogens with one attached hydrogen (secondary N) is 1. The molecule has 0 radical (unpaired) electrons. The van der Waals surface area contributed by atoms with Crippen molar-refractivity contribution in [2.45, 2.75) is 32.7 Å². The molecule has 29 heavy (non-hydrogen) atoms.